The highest BCUT2D eigenvalue weighted by atomic mass is 79.9. The summed E-state index contributed by atoms with van der Waals surface area (Å²) in [6.07, 6.45) is 0. The van der Waals surface area contributed by atoms with Gasteiger partial charge < -0.3 is 15.7 Å². The molecule has 7 heteroatoms. The van der Waals surface area contributed by atoms with E-state index in [9.17, 15) is 0 Å². The van der Waals surface area contributed by atoms with Crippen molar-refractivity contribution in [2.45, 2.75) is 6.92 Å². The van der Waals surface area contributed by atoms with Crippen molar-refractivity contribution in [3.63, 3.8) is 0 Å². The fourth-order valence-electron chi connectivity index (χ4n) is 1.68. The first-order chi connectivity index (χ1) is 9.02. The third-order valence-electron chi connectivity index (χ3n) is 2.51. The highest BCUT2D eigenvalue weighted by Crippen LogP contribution is 2.30. The molecule has 0 saturated heterocycles. The molecule has 3 N–H and O–H groups in total. The van der Waals surface area contributed by atoms with Crippen LogP contribution >= 0.6 is 15.9 Å². The number of hydrogen-bond donors (Lipinski definition) is 2. The minimum absolute atomic E-state index is 0.0265. The molecule has 0 unspecified atom stereocenters. The molecule has 0 bridgehead atoms. The fourth-order valence-corrected chi connectivity index (χ4v) is 2.23. The second kappa shape index (κ2) is 5.31. The predicted octanol–water partition coefficient (Wildman–Crippen LogP) is 2.38. The van der Waals surface area contributed by atoms with E-state index in [1.54, 1.807) is 36.0 Å². The molecule has 19 heavy (non-hydrogen) atoms. The normalized spacial score (nSPS) is 11.6. The van der Waals surface area contributed by atoms with E-state index in [-0.39, 0.29) is 5.84 Å². The molecule has 0 aliphatic rings. The molecule has 0 atom stereocenters. The van der Waals surface area contributed by atoms with E-state index >= 15 is 0 Å². The number of aryl methyl sites for hydroxylation is 2. The van der Waals surface area contributed by atoms with E-state index < -0.39 is 0 Å². The Kier molecular flexibility index (Phi) is 3.75. The number of rotatable bonds is 3. The Labute approximate surface area is 118 Å². The number of nitrogens with zero attached hydrogens (tertiary/aromatic N) is 3. The summed E-state index contributed by atoms with van der Waals surface area (Å²) in [6.45, 7) is 1.87. The standard InChI is InChI=1S/C12H13BrN4O2/c1-7-6-10(17(2)15-7)19-9-5-3-4-8(13)11(9)12(14)16-18/h3-6,18H,1-2H3,(H2,14,16). The molecule has 0 amide bonds. The first-order valence-corrected chi connectivity index (χ1v) is 6.27. The van der Waals surface area contributed by atoms with Gasteiger partial charge in [-0.25, -0.2) is 4.68 Å². The molecule has 0 spiro atoms. The van der Waals surface area contributed by atoms with Crippen molar-refractivity contribution in [2.24, 2.45) is 17.9 Å². The maximum atomic E-state index is 8.83. The second-order valence-electron chi connectivity index (χ2n) is 3.95. The molecule has 0 aliphatic heterocycles. The van der Waals surface area contributed by atoms with Crippen molar-refractivity contribution in [2.75, 3.05) is 0 Å². The number of halogens is 1. The van der Waals surface area contributed by atoms with Gasteiger partial charge in [-0.1, -0.05) is 11.2 Å². The quantitative estimate of drug-likeness (QED) is 0.393. The maximum absolute atomic E-state index is 8.83. The Hall–Kier alpha value is -2.02. The van der Waals surface area contributed by atoms with Gasteiger partial charge in [0.1, 0.15) is 5.75 Å². The van der Waals surface area contributed by atoms with Gasteiger partial charge in [-0.3, -0.25) is 0 Å². The lowest BCUT2D eigenvalue weighted by Gasteiger charge is -2.11. The first-order valence-electron chi connectivity index (χ1n) is 5.48. The number of nitrogens with two attached hydrogens (primary N) is 1. The molecule has 2 rings (SSSR count). The molecule has 100 valence electrons. The molecule has 0 radical (unpaired) electrons. The van der Waals surface area contributed by atoms with Gasteiger partial charge in [0.15, 0.2) is 5.84 Å². The Morgan fingerprint density at radius 3 is 2.84 bits per heavy atom. The van der Waals surface area contributed by atoms with Crippen LogP contribution in [-0.4, -0.2) is 20.8 Å². The van der Waals surface area contributed by atoms with Crippen LogP contribution < -0.4 is 10.5 Å². The number of ether oxygens (including phenoxy) is 1. The third-order valence-corrected chi connectivity index (χ3v) is 3.17. The molecule has 0 saturated carbocycles. The molecule has 1 aromatic heterocycles. The zero-order chi connectivity index (χ0) is 14.0. The summed E-state index contributed by atoms with van der Waals surface area (Å²) in [4.78, 5) is 0. The van der Waals surface area contributed by atoms with Gasteiger partial charge in [-0.05, 0) is 35.0 Å². The largest absolute Gasteiger partial charge is 0.438 e. The number of amidine groups is 1. The van der Waals surface area contributed by atoms with Crippen molar-refractivity contribution < 1.29 is 9.94 Å². The van der Waals surface area contributed by atoms with Crippen LogP contribution in [0.3, 0.4) is 0 Å². The summed E-state index contributed by atoms with van der Waals surface area (Å²) < 4.78 is 8.06. The first kappa shape index (κ1) is 13.4. The van der Waals surface area contributed by atoms with Gasteiger partial charge in [0.2, 0.25) is 5.88 Å². The summed E-state index contributed by atoms with van der Waals surface area (Å²) in [7, 11) is 1.78. The average molecular weight is 325 g/mol. The third kappa shape index (κ3) is 2.70. The molecule has 0 aliphatic carbocycles. The van der Waals surface area contributed by atoms with Crippen LogP contribution in [-0.2, 0) is 7.05 Å². The van der Waals surface area contributed by atoms with E-state index in [2.05, 4.69) is 26.2 Å². The Bertz CT molecular complexity index is 637. The molecule has 0 fully saturated rings. The van der Waals surface area contributed by atoms with Crippen LogP contribution in [0.25, 0.3) is 0 Å². The highest BCUT2D eigenvalue weighted by molar-refractivity contribution is 9.10. The van der Waals surface area contributed by atoms with Gasteiger partial charge in [0.05, 0.1) is 11.3 Å². The van der Waals surface area contributed by atoms with E-state index in [0.29, 0.717) is 21.7 Å². The van der Waals surface area contributed by atoms with Crippen LogP contribution in [0.1, 0.15) is 11.3 Å². The molecule has 2 aromatic rings. The van der Waals surface area contributed by atoms with Gasteiger partial charge >= 0.3 is 0 Å². The zero-order valence-electron chi connectivity index (χ0n) is 10.5. The number of benzene rings is 1. The Balaban J connectivity index is 2.46. The Morgan fingerprint density at radius 2 is 2.26 bits per heavy atom. The molecule has 6 nitrogen and oxygen atoms in total. The van der Waals surface area contributed by atoms with E-state index in [1.165, 1.54) is 0 Å². The smallest absolute Gasteiger partial charge is 0.217 e. The monoisotopic (exact) mass is 324 g/mol. The minimum Gasteiger partial charge on any atom is -0.438 e. The van der Waals surface area contributed by atoms with Crippen LogP contribution in [0.5, 0.6) is 11.6 Å². The van der Waals surface area contributed by atoms with Gasteiger partial charge in [-0.15, -0.1) is 0 Å². The fraction of sp³-hybridized carbons (Fsp3) is 0.167. The minimum atomic E-state index is -0.0265. The molecular weight excluding hydrogens is 312 g/mol. The number of oxime groups is 1. The summed E-state index contributed by atoms with van der Waals surface area (Å²) in [6, 6.07) is 7.13. The van der Waals surface area contributed by atoms with E-state index in [1.807, 2.05) is 6.92 Å². The average Bonchev–Trinajstić information content (AvgIpc) is 2.67. The SMILES string of the molecule is Cc1cc(Oc2cccc(Br)c2/C(N)=N/O)n(C)n1. The van der Waals surface area contributed by atoms with E-state index in [4.69, 9.17) is 15.7 Å². The maximum Gasteiger partial charge on any atom is 0.217 e. The van der Waals surface area contributed by atoms with Crippen molar-refractivity contribution in [3.05, 3.63) is 40.0 Å². The predicted molar refractivity (Wildman–Crippen MR) is 74.7 cm³/mol. The number of hydrogen-bond acceptors (Lipinski definition) is 4. The zero-order valence-corrected chi connectivity index (χ0v) is 12.0. The topological polar surface area (TPSA) is 85.7 Å². The summed E-state index contributed by atoms with van der Waals surface area (Å²) in [5, 5.41) is 16.0. The van der Waals surface area contributed by atoms with Gasteiger partial charge in [0, 0.05) is 17.6 Å². The van der Waals surface area contributed by atoms with Crippen molar-refractivity contribution in [3.8, 4) is 11.6 Å². The van der Waals surface area contributed by atoms with Crippen molar-refractivity contribution in [1.82, 2.24) is 9.78 Å². The lowest BCUT2D eigenvalue weighted by Crippen LogP contribution is -2.15. The lowest BCUT2D eigenvalue weighted by atomic mass is 10.2. The van der Waals surface area contributed by atoms with Crippen LogP contribution in [0.15, 0.2) is 33.9 Å². The molecule has 1 aromatic carbocycles. The summed E-state index contributed by atoms with van der Waals surface area (Å²) in [5.41, 5.74) is 7.00. The van der Waals surface area contributed by atoms with Crippen LogP contribution in [0.2, 0.25) is 0 Å². The van der Waals surface area contributed by atoms with Gasteiger partial charge in [0.25, 0.3) is 0 Å². The summed E-state index contributed by atoms with van der Waals surface area (Å²) >= 11 is 3.35. The number of aromatic nitrogens is 2. The summed E-state index contributed by atoms with van der Waals surface area (Å²) in [5.74, 6) is 1.02. The van der Waals surface area contributed by atoms with Crippen molar-refractivity contribution >= 4 is 21.8 Å². The van der Waals surface area contributed by atoms with Crippen molar-refractivity contribution in [1.29, 1.82) is 0 Å². The molecular formula is C12H13BrN4O2. The van der Waals surface area contributed by atoms with Gasteiger partial charge in [-0.2, -0.15) is 5.10 Å². The highest BCUT2D eigenvalue weighted by Gasteiger charge is 2.14. The molecule has 1 heterocycles. The van der Waals surface area contributed by atoms with E-state index in [0.717, 1.165) is 5.69 Å². The van der Waals surface area contributed by atoms with Crippen LogP contribution in [0.4, 0.5) is 0 Å². The van der Waals surface area contributed by atoms with Crippen LogP contribution in [0, 0.1) is 6.92 Å². The lowest BCUT2D eigenvalue weighted by molar-refractivity contribution is 0.318. The Morgan fingerprint density at radius 1 is 1.53 bits per heavy atom. The second-order valence-corrected chi connectivity index (χ2v) is 4.80.